The Bertz CT molecular complexity index is 336. The Balaban J connectivity index is 3.12. The van der Waals surface area contributed by atoms with E-state index in [2.05, 4.69) is 15.9 Å². The Morgan fingerprint density at radius 1 is 1.43 bits per heavy atom. The minimum Gasteiger partial charge on any atom is -0.327 e. The van der Waals surface area contributed by atoms with E-state index in [-0.39, 0.29) is 17.7 Å². The molecule has 76 valence electrons. The SMILES string of the molecule is CC(=O)C(c1ccccc1Br)C(C)N. The molecule has 14 heavy (non-hydrogen) atoms. The first-order valence-corrected chi connectivity index (χ1v) is 5.33. The minimum absolute atomic E-state index is 0.104. The minimum atomic E-state index is -0.217. The summed E-state index contributed by atoms with van der Waals surface area (Å²) in [5, 5.41) is 0. The van der Waals surface area contributed by atoms with Gasteiger partial charge in [0.05, 0.1) is 5.92 Å². The molecule has 2 atom stereocenters. The zero-order valence-electron chi connectivity index (χ0n) is 8.33. The molecule has 0 bridgehead atoms. The van der Waals surface area contributed by atoms with Crippen molar-refractivity contribution in [3.05, 3.63) is 34.3 Å². The summed E-state index contributed by atoms with van der Waals surface area (Å²) >= 11 is 3.43. The summed E-state index contributed by atoms with van der Waals surface area (Å²) in [5.74, 6) is -0.113. The molecule has 3 heteroatoms. The zero-order chi connectivity index (χ0) is 10.7. The number of Topliss-reactive ketones (excluding diaryl/α,β-unsaturated/α-hetero) is 1. The predicted molar refractivity (Wildman–Crippen MR) is 61.2 cm³/mol. The van der Waals surface area contributed by atoms with Crippen LogP contribution in [0.25, 0.3) is 0 Å². The van der Waals surface area contributed by atoms with E-state index in [9.17, 15) is 4.79 Å². The van der Waals surface area contributed by atoms with E-state index in [0.717, 1.165) is 10.0 Å². The third-order valence-corrected chi connectivity index (χ3v) is 2.93. The monoisotopic (exact) mass is 255 g/mol. The molecule has 0 saturated heterocycles. The molecule has 2 unspecified atom stereocenters. The van der Waals surface area contributed by atoms with Crippen LogP contribution in [0.2, 0.25) is 0 Å². The molecule has 2 nitrogen and oxygen atoms in total. The van der Waals surface area contributed by atoms with Crippen molar-refractivity contribution in [2.24, 2.45) is 5.73 Å². The number of carbonyl (C=O) groups is 1. The van der Waals surface area contributed by atoms with E-state index in [1.807, 2.05) is 31.2 Å². The van der Waals surface area contributed by atoms with Crippen LogP contribution in [0.4, 0.5) is 0 Å². The van der Waals surface area contributed by atoms with Gasteiger partial charge in [-0.1, -0.05) is 34.1 Å². The van der Waals surface area contributed by atoms with E-state index in [1.165, 1.54) is 0 Å². The lowest BCUT2D eigenvalue weighted by Crippen LogP contribution is -2.29. The first-order chi connectivity index (χ1) is 6.54. The van der Waals surface area contributed by atoms with Crippen molar-refractivity contribution in [1.82, 2.24) is 0 Å². The van der Waals surface area contributed by atoms with Crippen LogP contribution >= 0.6 is 15.9 Å². The van der Waals surface area contributed by atoms with Crippen molar-refractivity contribution in [1.29, 1.82) is 0 Å². The van der Waals surface area contributed by atoms with Crippen molar-refractivity contribution in [3.63, 3.8) is 0 Å². The number of benzene rings is 1. The summed E-state index contributed by atoms with van der Waals surface area (Å²) in [7, 11) is 0. The Labute approximate surface area is 92.6 Å². The fourth-order valence-electron chi connectivity index (χ4n) is 1.60. The van der Waals surface area contributed by atoms with Gasteiger partial charge in [0.15, 0.2) is 0 Å². The standard InChI is InChI=1S/C11H14BrNO/c1-7(13)11(8(2)14)9-5-3-4-6-10(9)12/h3-7,11H,13H2,1-2H3. The van der Waals surface area contributed by atoms with Crippen LogP contribution in [0, 0.1) is 0 Å². The molecular formula is C11H14BrNO. The Hall–Kier alpha value is -0.670. The smallest absolute Gasteiger partial charge is 0.138 e. The Morgan fingerprint density at radius 2 is 2.00 bits per heavy atom. The molecule has 0 aliphatic carbocycles. The van der Waals surface area contributed by atoms with Gasteiger partial charge in [-0.2, -0.15) is 0 Å². The molecule has 0 aliphatic heterocycles. The lowest BCUT2D eigenvalue weighted by atomic mass is 9.90. The first kappa shape index (κ1) is 11.4. The van der Waals surface area contributed by atoms with Crippen molar-refractivity contribution in [3.8, 4) is 0 Å². The number of nitrogens with two attached hydrogens (primary N) is 1. The second-order valence-corrected chi connectivity index (χ2v) is 4.32. The average molecular weight is 256 g/mol. The molecule has 0 radical (unpaired) electrons. The van der Waals surface area contributed by atoms with Gasteiger partial charge >= 0.3 is 0 Å². The summed E-state index contributed by atoms with van der Waals surface area (Å²) < 4.78 is 0.942. The largest absolute Gasteiger partial charge is 0.327 e. The molecule has 0 saturated carbocycles. The second-order valence-electron chi connectivity index (χ2n) is 3.47. The fourth-order valence-corrected chi connectivity index (χ4v) is 2.13. The van der Waals surface area contributed by atoms with Gasteiger partial charge in [-0.15, -0.1) is 0 Å². The molecule has 0 heterocycles. The molecule has 1 aromatic rings. The van der Waals surface area contributed by atoms with Gasteiger partial charge in [-0.25, -0.2) is 0 Å². The van der Waals surface area contributed by atoms with Crippen molar-refractivity contribution in [2.45, 2.75) is 25.8 Å². The lowest BCUT2D eigenvalue weighted by Gasteiger charge is -2.19. The third kappa shape index (κ3) is 2.42. The van der Waals surface area contributed by atoms with Crippen molar-refractivity contribution in [2.75, 3.05) is 0 Å². The van der Waals surface area contributed by atoms with Crippen LogP contribution < -0.4 is 5.73 Å². The van der Waals surface area contributed by atoms with E-state index in [4.69, 9.17) is 5.73 Å². The lowest BCUT2D eigenvalue weighted by molar-refractivity contribution is -0.118. The van der Waals surface area contributed by atoms with Crippen molar-refractivity contribution < 1.29 is 4.79 Å². The number of ketones is 1. The number of rotatable bonds is 3. The predicted octanol–water partition coefficient (Wildman–Crippen LogP) is 2.47. The molecule has 0 fully saturated rings. The van der Waals surface area contributed by atoms with E-state index < -0.39 is 0 Å². The van der Waals surface area contributed by atoms with Gasteiger partial charge in [0.1, 0.15) is 5.78 Å². The number of hydrogen-bond donors (Lipinski definition) is 1. The quantitative estimate of drug-likeness (QED) is 0.902. The van der Waals surface area contributed by atoms with Crippen LogP contribution in [0.5, 0.6) is 0 Å². The average Bonchev–Trinajstić information content (AvgIpc) is 2.07. The molecule has 0 aromatic heterocycles. The van der Waals surface area contributed by atoms with Gasteiger partial charge in [0.2, 0.25) is 0 Å². The van der Waals surface area contributed by atoms with Gasteiger partial charge in [-0.3, -0.25) is 4.79 Å². The highest BCUT2D eigenvalue weighted by Gasteiger charge is 2.22. The molecule has 1 rings (SSSR count). The first-order valence-electron chi connectivity index (χ1n) is 4.54. The van der Waals surface area contributed by atoms with Crippen LogP contribution in [0.1, 0.15) is 25.3 Å². The summed E-state index contributed by atoms with van der Waals surface area (Å²) in [6, 6.07) is 7.53. The van der Waals surface area contributed by atoms with E-state index >= 15 is 0 Å². The van der Waals surface area contributed by atoms with Crippen LogP contribution in [0.15, 0.2) is 28.7 Å². The second kappa shape index (κ2) is 4.71. The third-order valence-electron chi connectivity index (χ3n) is 2.20. The summed E-state index contributed by atoms with van der Waals surface area (Å²) in [4.78, 5) is 11.4. The number of hydrogen-bond acceptors (Lipinski definition) is 2. The van der Waals surface area contributed by atoms with Gasteiger partial charge in [0, 0.05) is 10.5 Å². The summed E-state index contributed by atoms with van der Waals surface area (Å²) in [5.41, 5.74) is 6.76. The Morgan fingerprint density at radius 3 is 2.43 bits per heavy atom. The zero-order valence-corrected chi connectivity index (χ0v) is 9.91. The van der Waals surface area contributed by atoms with Crippen molar-refractivity contribution >= 4 is 21.7 Å². The van der Waals surface area contributed by atoms with Crippen LogP contribution in [-0.4, -0.2) is 11.8 Å². The van der Waals surface area contributed by atoms with Gasteiger partial charge in [0.25, 0.3) is 0 Å². The maximum absolute atomic E-state index is 11.4. The topological polar surface area (TPSA) is 43.1 Å². The van der Waals surface area contributed by atoms with Gasteiger partial charge in [-0.05, 0) is 25.5 Å². The molecular weight excluding hydrogens is 242 g/mol. The number of carbonyl (C=O) groups excluding carboxylic acids is 1. The fraction of sp³-hybridized carbons (Fsp3) is 0.364. The van der Waals surface area contributed by atoms with Crippen LogP contribution in [0.3, 0.4) is 0 Å². The Kier molecular flexibility index (Phi) is 3.84. The van der Waals surface area contributed by atoms with E-state index in [0.29, 0.717) is 0 Å². The van der Waals surface area contributed by atoms with Gasteiger partial charge < -0.3 is 5.73 Å². The molecule has 0 amide bonds. The number of halogens is 1. The molecule has 2 N–H and O–H groups in total. The highest BCUT2D eigenvalue weighted by Crippen LogP contribution is 2.27. The molecule has 0 aliphatic rings. The summed E-state index contributed by atoms with van der Waals surface area (Å²) in [6.45, 7) is 3.43. The molecule has 0 spiro atoms. The van der Waals surface area contributed by atoms with Crippen LogP contribution in [-0.2, 0) is 4.79 Å². The summed E-state index contributed by atoms with van der Waals surface area (Å²) in [6.07, 6.45) is 0. The normalized spacial score (nSPS) is 14.9. The maximum Gasteiger partial charge on any atom is 0.138 e. The highest BCUT2D eigenvalue weighted by atomic mass is 79.9. The highest BCUT2D eigenvalue weighted by molar-refractivity contribution is 9.10. The van der Waals surface area contributed by atoms with E-state index in [1.54, 1.807) is 6.92 Å². The maximum atomic E-state index is 11.4. The molecule has 1 aromatic carbocycles.